The summed E-state index contributed by atoms with van der Waals surface area (Å²) >= 11 is 0. The Balaban J connectivity index is 2.03. The van der Waals surface area contributed by atoms with Gasteiger partial charge >= 0.3 is 0 Å². The van der Waals surface area contributed by atoms with Gasteiger partial charge in [0.1, 0.15) is 6.29 Å². The Morgan fingerprint density at radius 2 is 2.46 bits per heavy atom. The van der Waals surface area contributed by atoms with Gasteiger partial charge in [-0.1, -0.05) is 6.42 Å². The van der Waals surface area contributed by atoms with E-state index in [2.05, 4.69) is 10.5 Å². The van der Waals surface area contributed by atoms with Crippen molar-refractivity contribution in [3.63, 3.8) is 0 Å². The van der Waals surface area contributed by atoms with Gasteiger partial charge in [-0.05, 0) is 18.9 Å². The minimum atomic E-state index is 0.135. The Hall–Kier alpha value is -1.32. The van der Waals surface area contributed by atoms with Crippen LogP contribution >= 0.6 is 0 Å². The van der Waals surface area contributed by atoms with Gasteiger partial charge in [-0.15, -0.1) is 0 Å². The molecule has 0 spiro atoms. The molecule has 4 heteroatoms. The van der Waals surface area contributed by atoms with Crippen LogP contribution in [0.4, 0.5) is 0 Å². The summed E-state index contributed by atoms with van der Waals surface area (Å²) in [6.45, 7) is 0. The van der Waals surface area contributed by atoms with E-state index in [1.807, 2.05) is 12.3 Å². The Kier molecular flexibility index (Phi) is 2.29. The van der Waals surface area contributed by atoms with Gasteiger partial charge in [-0.2, -0.15) is 5.10 Å². The summed E-state index contributed by atoms with van der Waals surface area (Å²) < 4.78 is 0. The maximum absolute atomic E-state index is 10.7. The molecule has 0 radical (unpaired) electrons. The lowest BCUT2D eigenvalue weighted by atomic mass is 10.1. The predicted molar refractivity (Wildman–Crippen MR) is 49.8 cm³/mol. The van der Waals surface area contributed by atoms with Crippen LogP contribution in [0, 0.1) is 5.92 Å². The van der Waals surface area contributed by atoms with Crippen LogP contribution < -0.4 is 5.43 Å². The third-order valence-electron chi connectivity index (χ3n) is 2.60. The van der Waals surface area contributed by atoms with Crippen LogP contribution in [0.3, 0.4) is 0 Å². The fourth-order valence-electron chi connectivity index (χ4n) is 1.92. The van der Waals surface area contributed by atoms with Gasteiger partial charge in [-0.25, -0.2) is 5.12 Å². The SMILES string of the molecule is O=CC1CCCC1N1N=CC=CN1. The number of nitrogens with one attached hydrogen (secondary N) is 1. The summed E-state index contributed by atoms with van der Waals surface area (Å²) in [7, 11) is 0. The van der Waals surface area contributed by atoms with Crippen molar-refractivity contribution in [1.82, 2.24) is 10.5 Å². The van der Waals surface area contributed by atoms with Gasteiger partial charge < -0.3 is 4.79 Å². The van der Waals surface area contributed by atoms with E-state index in [0.717, 1.165) is 25.5 Å². The molecule has 1 aliphatic heterocycles. The van der Waals surface area contributed by atoms with E-state index < -0.39 is 0 Å². The summed E-state index contributed by atoms with van der Waals surface area (Å²) in [6, 6.07) is 0.235. The Morgan fingerprint density at radius 1 is 1.54 bits per heavy atom. The third kappa shape index (κ3) is 1.56. The quantitative estimate of drug-likeness (QED) is 0.634. The van der Waals surface area contributed by atoms with Crippen molar-refractivity contribution in [3.05, 3.63) is 12.3 Å². The van der Waals surface area contributed by atoms with Crippen LogP contribution in [-0.2, 0) is 4.79 Å². The van der Waals surface area contributed by atoms with Crippen LogP contribution in [-0.4, -0.2) is 23.7 Å². The number of nitrogens with zero attached hydrogens (tertiary/aromatic N) is 2. The Morgan fingerprint density at radius 3 is 3.15 bits per heavy atom. The highest BCUT2D eigenvalue weighted by Crippen LogP contribution is 2.27. The molecule has 1 aliphatic carbocycles. The Bertz CT molecular complexity index is 249. The van der Waals surface area contributed by atoms with Crippen molar-refractivity contribution in [2.75, 3.05) is 0 Å². The van der Waals surface area contributed by atoms with E-state index in [4.69, 9.17) is 0 Å². The van der Waals surface area contributed by atoms with Crippen LogP contribution in [0.25, 0.3) is 0 Å². The van der Waals surface area contributed by atoms with Crippen molar-refractivity contribution < 1.29 is 4.79 Å². The van der Waals surface area contributed by atoms with Crippen LogP contribution in [0.1, 0.15) is 19.3 Å². The van der Waals surface area contributed by atoms with Gasteiger partial charge in [0.15, 0.2) is 0 Å². The largest absolute Gasteiger partial charge is 0.303 e. The second-order valence-electron chi connectivity index (χ2n) is 3.40. The number of hydrogen-bond donors (Lipinski definition) is 1. The minimum Gasteiger partial charge on any atom is -0.303 e. The first-order chi connectivity index (χ1) is 6.42. The number of rotatable bonds is 2. The molecule has 2 unspecified atom stereocenters. The zero-order chi connectivity index (χ0) is 9.10. The second-order valence-corrected chi connectivity index (χ2v) is 3.40. The Labute approximate surface area is 77.3 Å². The van der Waals surface area contributed by atoms with Gasteiger partial charge in [0, 0.05) is 12.1 Å². The number of allylic oxidation sites excluding steroid dienone is 1. The molecule has 4 nitrogen and oxygen atoms in total. The minimum absolute atomic E-state index is 0.135. The molecule has 1 saturated carbocycles. The molecule has 2 aliphatic rings. The van der Waals surface area contributed by atoms with Crippen LogP contribution in [0.2, 0.25) is 0 Å². The molecular weight excluding hydrogens is 166 g/mol. The lowest BCUT2D eigenvalue weighted by Gasteiger charge is -2.28. The number of hydrazine groups is 1. The summed E-state index contributed by atoms with van der Waals surface area (Å²) in [5.74, 6) is 0.135. The second kappa shape index (κ2) is 3.60. The molecule has 0 aromatic carbocycles. The average molecular weight is 179 g/mol. The fraction of sp³-hybridized carbons (Fsp3) is 0.556. The summed E-state index contributed by atoms with van der Waals surface area (Å²) in [4.78, 5) is 10.7. The molecule has 0 amide bonds. The number of hydrogen-bond acceptors (Lipinski definition) is 4. The lowest BCUT2D eigenvalue weighted by Crippen LogP contribution is -2.42. The van der Waals surface area contributed by atoms with Gasteiger partial charge in [0.05, 0.1) is 12.3 Å². The predicted octanol–water partition coefficient (Wildman–Crippen LogP) is 0.674. The molecular formula is C9H13N3O. The molecule has 1 N–H and O–H groups in total. The van der Waals surface area contributed by atoms with E-state index in [0.29, 0.717) is 0 Å². The standard InChI is InChI=1S/C9H13N3O/c13-7-8-3-1-4-9(8)12-10-5-2-6-11-12/h2,5-10H,1,3-4H2. The van der Waals surface area contributed by atoms with E-state index in [1.54, 1.807) is 11.3 Å². The van der Waals surface area contributed by atoms with Crippen molar-refractivity contribution in [2.45, 2.75) is 25.3 Å². The maximum atomic E-state index is 10.7. The molecule has 2 rings (SSSR count). The molecule has 70 valence electrons. The van der Waals surface area contributed by atoms with Crippen molar-refractivity contribution >= 4 is 12.5 Å². The normalized spacial score (nSPS) is 31.8. The first-order valence-electron chi connectivity index (χ1n) is 4.61. The first-order valence-corrected chi connectivity index (χ1v) is 4.61. The van der Waals surface area contributed by atoms with Crippen LogP contribution in [0.15, 0.2) is 17.4 Å². The van der Waals surface area contributed by atoms with Gasteiger partial charge in [-0.3, -0.25) is 5.43 Å². The smallest absolute Gasteiger partial charge is 0.125 e. The number of hydrazone groups is 1. The molecule has 0 bridgehead atoms. The highest BCUT2D eigenvalue weighted by Gasteiger charge is 2.31. The fourth-order valence-corrected chi connectivity index (χ4v) is 1.92. The molecule has 13 heavy (non-hydrogen) atoms. The highest BCUT2D eigenvalue weighted by molar-refractivity contribution is 5.71. The zero-order valence-corrected chi connectivity index (χ0v) is 7.39. The average Bonchev–Trinajstić information content (AvgIpc) is 2.67. The summed E-state index contributed by atoms with van der Waals surface area (Å²) in [5, 5.41) is 5.94. The van der Waals surface area contributed by atoms with Gasteiger partial charge in [0.25, 0.3) is 0 Å². The topological polar surface area (TPSA) is 44.7 Å². The third-order valence-corrected chi connectivity index (χ3v) is 2.60. The van der Waals surface area contributed by atoms with Crippen molar-refractivity contribution in [3.8, 4) is 0 Å². The monoisotopic (exact) mass is 179 g/mol. The van der Waals surface area contributed by atoms with E-state index >= 15 is 0 Å². The van der Waals surface area contributed by atoms with Gasteiger partial charge in [0.2, 0.25) is 0 Å². The molecule has 1 fully saturated rings. The van der Waals surface area contributed by atoms with E-state index in [-0.39, 0.29) is 12.0 Å². The van der Waals surface area contributed by atoms with Crippen molar-refractivity contribution in [1.29, 1.82) is 0 Å². The molecule has 0 aromatic heterocycles. The van der Waals surface area contributed by atoms with Crippen LogP contribution in [0.5, 0.6) is 0 Å². The molecule has 2 atom stereocenters. The summed E-state index contributed by atoms with van der Waals surface area (Å²) in [6.07, 6.45) is 9.59. The zero-order valence-electron chi connectivity index (χ0n) is 7.39. The number of aldehydes is 1. The highest BCUT2D eigenvalue weighted by atomic mass is 16.1. The first kappa shape index (κ1) is 8.29. The molecule has 1 heterocycles. The number of carbonyl (C=O) groups excluding carboxylic acids is 1. The molecule has 0 saturated heterocycles. The van der Waals surface area contributed by atoms with Crippen molar-refractivity contribution in [2.24, 2.45) is 11.0 Å². The number of carbonyl (C=O) groups is 1. The van der Waals surface area contributed by atoms with E-state index in [1.165, 1.54) is 0 Å². The maximum Gasteiger partial charge on any atom is 0.125 e. The molecule has 0 aromatic rings. The summed E-state index contributed by atoms with van der Waals surface area (Å²) in [5.41, 5.74) is 3.02. The van der Waals surface area contributed by atoms with E-state index in [9.17, 15) is 4.79 Å². The lowest BCUT2D eigenvalue weighted by molar-refractivity contribution is -0.112.